The molecule has 0 radical (unpaired) electrons. The summed E-state index contributed by atoms with van der Waals surface area (Å²) in [6.45, 7) is 4.88. The zero-order chi connectivity index (χ0) is 20.0. The second kappa shape index (κ2) is 9.16. The average Bonchev–Trinajstić information content (AvgIpc) is 2.51. The van der Waals surface area contributed by atoms with E-state index < -0.39 is 21.2 Å². The first kappa shape index (κ1) is 22.1. The smallest absolute Gasteiger partial charge is 0.387 e. The molecular formula is C17H27F2N3O3S. The first-order valence-electron chi connectivity index (χ1n) is 8.22. The maximum absolute atomic E-state index is 12.5. The monoisotopic (exact) mass is 391 g/mol. The van der Waals surface area contributed by atoms with Gasteiger partial charge in [-0.2, -0.15) is 8.78 Å². The fourth-order valence-corrected chi connectivity index (χ4v) is 2.31. The number of nitrogens with one attached hydrogen (secondary N) is 2. The molecule has 0 fully saturated rings. The summed E-state index contributed by atoms with van der Waals surface area (Å²) in [5.74, 6) is 0.468. The minimum Gasteiger partial charge on any atom is -0.434 e. The molecule has 0 saturated carbocycles. The molecule has 0 heterocycles. The van der Waals surface area contributed by atoms with Crippen molar-refractivity contribution >= 4 is 15.8 Å². The van der Waals surface area contributed by atoms with Gasteiger partial charge in [0, 0.05) is 24.9 Å². The van der Waals surface area contributed by atoms with Crippen molar-refractivity contribution < 1.29 is 21.9 Å². The van der Waals surface area contributed by atoms with Crippen LogP contribution in [0.2, 0.25) is 0 Å². The molecule has 26 heavy (non-hydrogen) atoms. The number of aliphatic imine (C=N–C) groups is 1. The summed E-state index contributed by atoms with van der Waals surface area (Å²) in [6.07, 6.45) is 1.18. The van der Waals surface area contributed by atoms with Crippen molar-refractivity contribution in [3.8, 4) is 5.75 Å². The average molecular weight is 391 g/mol. The van der Waals surface area contributed by atoms with Gasteiger partial charge in [-0.25, -0.2) is 13.4 Å². The lowest BCUT2D eigenvalue weighted by atomic mass is 10.1. The number of halogens is 2. The van der Waals surface area contributed by atoms with Crippen LogP contribution in [0.1, 0.15) is 31.9 Å². The molecule has 2 N–H and O–H groups in total. The van der Waals surface area contributed by atoms with Gasteiger partial charge in [-0.1, -0.05) is 17.7 Å². The van der Waals surface area contributed by atoms with Gasteiger partial charge < -0.3 is 15.4 Å². The lowest BCUT2D eigenvalue weighted by molar-refractivity contribution is -0.0504. The zero-order valence-electron chi connectivity index (χ0n) is 15.8. The quantitative estimate of drug-likeness (QED) is 0.526. The van der Waals surface area contributed by atoms with E-state index in [1.54, 1.807) is 26.0 Å². The number of benzene rings is 1. The van der Waals surface area contributed by atoms with Crippen molar-refractivity contribution in [1.82, 2.24) is 10.6 Å². The van der Waals surface area contributed by atoms with Crippen LogP contribution in [-0.2, 0) is 16.4 Å². The number of hydrogen-bond acceptors (Lipinski definition) is 4. The van der Waals surface area contributed by atoms with E-state index in [1.165, 1.54) is 12.3 Å². The van der Waals surface area contributed by atoms with Crippen molar-refractivity contribution in [2.45, 2.75) is 45.6 Å². The second-order valence-electron chi connectivity index (χ2n) is 6.57. The lowest BCUT2D eigenvalue weighted by Crippen LogP contribution is -2.47. The SMILES string of the molecule is CCNC(=NCc1cc(C)ccc1OC(F)F)NCC(C)(C)S(C)(=O)=O. The third-order valence-electron chi connectivity index (χ3n) is 3.87. The third-order valence-corrected chi connectivity index (χ3v) is 6.02. The van der Waals surface area contributed by atoms with Gasteiger partial charge in [0.15, 0.2) is 15.8 Å². The van der Waals surface area contributed by atoms with Crippen molar-refractivity contribution in [3.05, 3.63) is 29.3 Å². The Morgan fingerprint density at radius 3 is 2.50 bits per heavy atom. The van der Waals surface area contributed by atoms with E-state index in [0.717, 1.165) is 5.56 Å². The molecule has 1 aromatic rings. The van der Waals surface area contributed by atoms with Crippen LogP contribution in [0.3, 0.4) is 0 Å². The Balaban J connectivity index is 2.95. The Kier molecular flexibility index (Phi) is 7.80. The van der Waals surface area contributed by atoms with Crippen LogP contribution in [0.15, 0.2) is 23.2 Å². The van der Waals surface area contributed by atoms with Gasteiger partial charge >= 0.3 is 6.61 Å². The summed E-state index contributed by atoms with van der Waals surface area (Å²) in [4.78, 5) is 4.35. The normalized spacial score (nSPS) is 13.0. The van der Waals surface area contributed by atoms with Gasteiger partial charge in [-0.15, -0.1) is 0 Å². The fraction of sp³-hybridized carbons (Fsp3) is 0.588. The highest BCUT2D eigenvalue weighted by molar-refractivity contribution is 7.92. The van der Waals surface area contributed by atoms with Crippen LogP contribution >= 0.6 is 0 Å². The van der Waals surface area contributed by atoms with Crippen LogP contribution in [-0.4, -0.2) is 45.1 Å². The highest BCUT2D eigenvalue weighted by Crippen LogP contribution is 2.23. The van der Waals surface area contributed by atoms with E-state index in [4.69, 9.17) is 0 Å². The van der Waals surface area contributed by atoms with Crippen molar-refractivity contribution in [2.24, 2.45) is 4.99 Å². The lowest BCUT2D eigenvalue weighted by Gasteiger charge is -2.24. The summed E-state index contributed by atoms with van der Waals surface area (Å²) in [7, 11) is -3.25. The van der Waals surface area contributed by atoms with E-state index in [9.17, 15) is 17.2 Å². The summed E-state index contributed by atoms with van der Waals surface area (Å²) < 4.78 is 52.2. The van der Waals surface area contributed by atoms with Crippen LogP contribution < -0.4 is 15.4 Å². The van der Waals surface area contributed by atoms with Crippen molar-refractivity contribution in [3.63, 3.8) is 0 Å². The molecule has 0 amide bonds. The molecule has 0 saturated heterocycles. The van der Waals surface area contributed by atoms with Crippen LogP contribution in [0.4, 0.5) is 8.78 Å². The summed E-state index contributed by atoms with van der Waals surface area (Å²) in [5.41, 5.74) is 1.41. The molecule has 148 valence electrons. The molecular weight excluding hydrogens is 364 g/mol. The van der Waals surface area contributed by atoms with Gasteiger partial charge in [0.2, 0.25) is 0 Å². The van der Waals surface area contributed by atoms with Crippen LogP contribution in [0.25, 0.3) is 0 Å². The Morgan fingerprint density at radius 2 is 1.96 bits per heavy atom. The first-order chi connectivity index (χ1) is 12.0. The highest BCUT2D eigenvalue weighted by Gasteiger charge is 2.30. The fourth-order valence-electron chi connectivity index (χ4n) is 1.98. The number of hydrogen-bond donors (Lipinski definition) is 2. The molecule has 6 nitrogen and oxygen atoms in total. The Hall–Kier alpha value is -1.90. The van der Waals surface area contributed by atoms with Crippen LogP contribution in [0, 0.1) is 6.92 Å². The molecule has 0 spiro atoms. The molecule has 0 atom stereocenters. The molecule has 1 rings (SSSR count). The highest BCUT2D eigenvalue weighted by atomic mass is 32.2. The van der Waals surface area contributed by atoms with E-state index in [1.807, 2.05) is 13.8 Å². The first-order valence-corrected chi connectivity index (χ1v) is 10.1. The van der Waals surface area contributed by atoms with Crippen molar-refractivity contribution in [1.29, 1.82) is 0 Å². The van der Waals surface area contributed by atoms with E-state index >= 15 is 0 Å². The minimum absolute atomic E-state index is 0.0710. The van der Waals surface area contributed by atoms with Gasteiger partial charge in [-0.3, -0.25) is 0 Å². The predicted molar refractivity (Wildman–Crippen MR) is 99.6 cm³/mol. The Bertz CT molecular complexity index is 735. The maximum Gasteiger partial charge on any atom is 0.387 e. The van der Waals surface area contributed by atoms with Crippen LogP contribution in [0.5, 0.6) is 5.75 Å². The topological polar surface area (TPSA) is 79.8 Å². The standard InChI is InChI=1S/C17H27F2N3O3S/c1-6-20-16(22-11-17(3,4)26(5,23)24)21-10-13-9-12(2)7-8-14(13)25-15(18)19/h7-9,15H,6,10-11H2,1-5H3,(H2,20,21,22). The molecule has 0 aromatic heterocycles. The van der Waals surface area contributed by atoms with E-state index in [0.29, 0.717) is 18.1 Å². The third kappa shape index (κ3) is 6.78. The molecule has 1 aromatic carbocycles. The summed E-state index contributed by atoms with van der Waals surface area (Å²) in [5, 5.41) is 5.99. The van der Waals surface area contributed by atoms with E-state index in [2.05, 4.69) is 20.4 Å². The van der Waals surface area contributed by atoms with Gasteiger partial charge in [0.05, 0.1) is 11.3 Å². The van der Waals surface area contributed by atoms with Crippen molar-refractivity contribution in [2.75, 3.05) is 19.3 Å². The maximum atomic E-state index is 12.5. The number of aryl methyl sites for hydroxylation is 1. The van der Waals surface area contributed by atoms with Gasteiger partial charge in [0.1, 0.15) is 5.75 Å². The zero-order valence-corrected chi connectivity index (χ0v) is 16.6. The molecule has 0 unspecified atom stereocenters. The molecule has 0 aliphatic carbocycles. The summed E-state index contributed by atoms with van der Waals surface area (Å²) in [6, 6.07) is 4.90. The minimum atomic E-state index is -3.25. The Labute approximate surface area is 154 Å². The summed E-state index contributed by atoms with van der Waals surface area (Å²) >= 11 is 0. The van der Waals surface area contributed by atoms with Gasteiger partial charge in [0.25, 0.3) is 0 Å². The number of sulfone groups is 1. The number of guanidine groups is 1. The predicted octanol–water partition coefficient (Wildman–Crippen LogP) is 2.47. The molecule has 0 bridgehead atoms. The molecule has 0 aliphatic heterocycles. The Morgan fingerprint density at radius 1 is 1.31 bits per heavy atom. The second-order valence-corrected chi connectivity index (χ2v) is 9.22. The molecule has 9 heteroatoms. The number of alkyl halides is 2. The number of ether oxygens (including phenoxy) is 1. The van der Waals surface area contributed by atoms with Gasteiger partial charge in [-0.05, 0) is 33.8 Å². The van der Waals surface area contributed by atoms with E-state index in [-0.39, 0.29) is 18.8 Å². The number of nitrogens with zero attached hydrogens (tertiary/aromatic N) is 1. The molecule has 0 aliphatic rings. The number of rotatable bonds is 8. The largest absolute Gasteiger partial charge is 0.434 e.